The average molecular weight is 290 g/mol. The molecule has 0 spiro atoms. The largest absolute Gasteiger partial charge is 0.368 e. The molecule has 0 bridgehead atoms. The number of aryl methyl sites for hydroxylation is 1. The van der Waals surface area contributed by atoms with E-state index in [-0.39, 0.29) is 0 Å². The Morgan fingerprint density at radius 3 is 2.80 bits per heavy atom. The molecule has 0 saturated heterocycles. The second-order valence-electron chi connectivity index (χ2n) is 4.50. The molecule has 0 aliphatic heterocycles. The topological polar surface area (TPSA) is 70.4 Å². The fourth-order valence-corrected chi connectivity index (χ4v) is 2.90. The zero-order valence-electron chi connectivity index (χ0n) is 11.5. The number of hydrogen-bond acceptors (Lipinski definition) is 4. The van der Waals surface area contributed by atoms with Crippen LogP contribution in [0.4, 0.5) is 16.2 Å². The van der Waals surface area contributed by atoms with Crippen molar-refractivity contribution in [2.45, 2.75) is 13.5 Å². The van der Waals surface area contributed by atoms with Gasteiger partial charge in [0.15, 0.2) is 0 Å². The lowest BCUT2D eigenvalue weighted by molar-refractivity contribution is 0.252. The lowest BCUT2D eigenvalue weighted by atomic mass is 10.1. The fourth-order valence-electron chi connectivity index (χ4n) is 2.14. The summed E-state index contributed by atoms with van der Waals surface area (Å²) in [7, 11) is 2.01. The molecule has 20 heavy (non-hydrogen) atoms. The molecule has 2 rings (SSSR count). The molecular weight excluding hydrogens is 272 g/mol. The molecule has 1 heterocycles. The minimum Gasteiger partial charge on any atom is -0.368 e. The van der Waals surface area contributed by atoms with Crippen molar-refractivity contribution in [2.75, 3.05) is 17.3 Å². The van der Waals surface area contributed by atoms with Gasteiger partial charge in [-0.25, -0.2) is 10.6 Å². The van der Waals surface area contributed by atoms with Crippen molar-refractivity contribution in [3.8, 4) is 0 Å². The molecule has 0 atom stereocenters. The van der Waals surface area contributed by atoms with Gasteiger partial charge in [0.1, 0.15) is 0 Å². The maximum atomic E-state index is 11.4. The summed E-state index contributed by atoms with van der Waals surface area (Å²) in [5.74, 6) is 5.12. The molecule has 0 fully saturated rings. The highest BCUT2D eigenvalue weighted by atomic mass is 32.1. The quantitative estimate of drug-likeness (QED) is 0.460. The maximum absolute atomic E-state index is 11.4. The highest BCUT2D eigenvalue weighted by Crippen LogP contribution is 2.30. The first-order chi connectivity index (χ1) is 9.61. The summed E-state index contributed by atoms with van der Waals surface area (Å²) in [6.45, 7) is 2.81. The predicted octanol–water partition coefficient (Wildman–Crippen LogP) is 2.69. The summed E-state index contributed by atoms with van der Waals surface area (Å²) < 4.78 is 0. The number of carbonyl (C=O) groups is 1. The SMILES string of the molecule is Cc1cccc(NC(=O)NN)c1N(C)Cc1cccs1. The van der Waals surface area contributed by atoms with Gasteiger partial charge in [0.25, 0.3) is 0 Å². The number of nitrogens with zero attached hydrogens (tertiary/aromatic N) is 1. The van der Waals surface area contributed by atoms with Gasteiger partial charge in [-0.1, -0.05) is 18.2 Å². The summed E-state index contributed by atoms with van der Waals surface area (Å²) in [6, 6.07) is 9.49. The van der Waals surface area contributed by atoms with E-state index in [2.05, 4.69) is 27.1 Å². The molecule has 2 amide bonds. The Kier molecular flexibility index (Phi) is 4.60. The van der Waals surface area contributed by atoms with Crippen LogP contribution in [-0.2, 0) is 6.54 Å². The first-order valence-corrected chi connectivity index (χ1v) is 7.10. The monoisotopic (exact) mass is 290 g/mol. The van der Waals surface area contributed by atoms with Gasteiger partial charge in [-0.15, -0.1) is 11.3 Å². The van der Waals surface area contributed by atoms with Crippen LogP contribution in [0.15, 0.2) is 35.7 Å². The van der Waals surface area contributed by atoms with E-state index in [1.807, 2.05) is 38.2 Å². The fraction of sp³-hybridized carbons (Fsp3) is 0.214. The molecule has 6 heteroatoms. The van der Waals surface area contributed by atoms with E-state index in [4.69, 9.17) is 5.84 Å². The Balaban J connectivity index is 2.26. The average Bonchev–Trinajstić information content (AvgIpc) is 2.91. The van der Waals surface area contributed by atoms with Crippen molar-refractivity contribution in [2.24, 2.45) is 5.84 Å². The Bertz CT molecular complexity index is 583. The molecule has 1 aromatic heterocycles. The van der Waals surface area contributed by atoms with Crippen LogP contribution in [0.2, 0.25) is 0 Å². The van der Waals surface area contributed by atoms with Crippen LogP contribution < -0.4 is 21.5 Å². The van der Waals surface area contributed by atoms with Gasteiger partial charge in [-0.2, -0.15) is 0 Å². The Hall–Kier alpha value is -2.05. The Morgan fingerprint density at radius 1 is 1.35 bits per heavy atom. The number of benzene rings is 1. The van der Waals surface area contributed by atoms with E-state index in [0.29, 0.717) is 0 Å². The van der Waals surface area contributed by atoms with Crippen LogP contribution in [0.1, 0.15) is 10.4 Å². The first-order valence-electron chi connectivity index (χ1n) is 6.22. The number of urea groups is 1. The molecule has 2 aromatic rings. The first kappa shape index (κ1) is 14.4. The standard InChI is InChI=1S/C14H18N4OS/c1-10-5-3-7-12(16-14(19)17-15)13(10)18(2)9-11-6-4-8-20-11/h3-8H,9,15H2,1-2H3,(H2,16,17,19). The van der Waals surface area contributed by atoms with E-state index in [1.165, 1.54) is 4.88 Å². The van der Waals surface area contributed by atoms with E-state index in [9.17, 15) is 4.79 Å². The van der Waals surface area contributed by atoms with E-state index in [1.54, 1.807) is 11.3 Å². The minimum atomic E-state index is -0.429. The van der Waals surface area contributed by atoms with Crippen molar-refractivity contribution in [3.05, 3.63) is 46.2 Å². The number of thiophene rings is 1. The molecule has 1 aromatic carbocycles. The number of hydrogen-bond donors (Lipinski definition) is 3. The van der Waals surface area contributed by atoms with Crippen molar-refractivity contribution >= 4 is 28.7 Å². The van der Waals surface area contributed by atoms with Gasteiger partial charge >= 0.3 is 6.03 Å². The van der Waals surface area contributed by atoms with Crippen LogP contribution in [0, 0.1) is 6.92 Å². The third-order valence-corrected chi connectivity index (χ3v) is 3.83. The summed E-state index contributed by atoms with van der Waals surface area (Å²) in [4.78, 5) is 14.8. The van der Waals surface area contributed by atoms with Crippen molar-refractivity contribution < 1.29 is 4.79 Å². The zero-order valence-corrected chi connectivity index (χ0v) is 12.3. The summed E-state index contributed by atoms with van der Waals surface area (Å²) >= 11 is 1.71. The smallest absolute Gasteiger partial charge is 0.333 e. The predicted molar refractivity (Wildman–Crippen MR) is 83.9 cm³/mol. The molecule has 0 radical (unpaired) electrons. The zero-order chi connectivity index (χ0) is 14.5. The number of nitrogens with two attached hydrogens (primary N) is 1. The highest BCUT2D eigenvalue weighted by molar-refractivity contribution is 7.09. The highest BCUT2D eigenvalue weighted by Gasteiger charge is 2.13. The lowest BCUT2D eigenvalue weighted by Gasteiger charge is -2.24. The number of nitrogens with one attached hydrogen (secondary N) is 2. The van der Waals surface area contributed by atoms with Crippen LogP contribution >= 0.6 is 11.3 Å². The number of carbonyl (C=O) groups excluding carboxylic acids is 1. The van der Waals surface area contributed by atoms with Gasteiger partial charge in [0, 0.05) is 11.9 Å². The van der Waals surface area contributed by atoms with E-state index < -0.39 is 6.03 Å². The maximum Gasteiger partial charge on any atom is 0.333 e. The normalized spacial score (nSPS) is 10.2. The molecule has 0 saturated carbocycles. The Labute approximate surface area is 122 Å². The number of rotatable bonds is 4. The third-order valence-electron chi connectivity index (χ3n) is 2.97. The molecule has 4 N–H and O–H groups in total. The van der Waals surface area contributed by atoms with Crippen LogP contribution in [-0.4, -0.2) is 13.1 Å². The van der Waals surface area contributed by atoms with Gasteiger partial charge in [0.05, 0.1) is 17.9 Å². The second kappa shape index (κ2) is 6.40. The van der Waals surface area contributed by atoms with Crippen LogP contribution in [0.3, 0.4) is 0 Å². The van der Waals surface area contributed by atoms with Crippen molar-refractivity contribution in [3.63, 3.8) is 0 Å². The van der Waals surface area contributed by atoms with E-state index in [0.717, 1.165) is 23.5 Å². The Morgan fingerprint density at radius 2 is 2.15 bits per heavy atom. The minimum absolute atomic E-state index is 0.429. The number of anilines is 2. The molecule has 5 nitrogen and oxygen atoms in total. The van der Waals surface area contributed by atoms with E-state index >= 15 is 0 Å². The number of para-hydroxylation sites is 1. The molecular formula is C14H18N4OS. The van der Waals surface area contributed by atoms with Crippen LogP contribution in [0.5, 0.6) is 0 Å². The second-order valence-corrected chi connectivity index (χ2v) is 5.54. The summed E-state index contributed by atoms with van der Waals surface area (Å²) in [5.41, 5.74) is 4.91. The molecule has 106 valence electrons. The van der Waals surface area contributed by atoms with Crippen molar-refractivity contribution in [1.82, 2.24) is 5.43 Å². The van der Waals surface area contributed by atoms with Gasteiger partial charge in [-0.05, 0) is 30.0 Å². The van der Waals surface area contributed by atoms with Crippen molar-refractivity contribution in [1.29, 1.82) is 0 Å². The third kappa shape index (κ3) is 3.28. The number of amides is 2. The number of hydrazine groups is 1. The summed E-state index contributed by atoms with van der Waals surface area (Å²) in [5, 5.41) is 4.81. The molecule has 0 aliphatic carbocycles. The van der Waals surface area contributed by atoms with Gasteiger partial charge in [-0.3, -0.25) is 5.43 Å². The summed E-state index contributed by atoms with van der Waals surface area (Å²) in [6.07, 6.45) is 0. The van der Waals surface area contributed by atoms with Crippen LogP contribution in [0.25, 0.3) is 0 Å². The van der Waals surface area contributed by atoms with Gasteiger partial charge < -0.3 is 10.2 Å². The lowest BCUT2D eigenvalue weighted by Crippen LogP contribution is -2.35. The molecule has 0 aliphatic rings. The molecule has 0 unspecified atom stereocenters. The van der Waals surface area contributed by atoms with Gasteiger partial charge in [0.2, 0.25) is 0 Å².